The number of carbonyl (C=O) groups is 1. The Morgan fingerprint density at radius 2 is 1.94 bits per heavy atom. The zero-order chi connectivity index (χ0) is 12.1. The van der Waals surface area contributed by atoms with Crippen LogP contribution in [0.5, 0.6) is 0 Å². The smallest absolute Gasteiger partial charge is 0.236 e. The highest BCUT2D eigenvalue weighted by atomic mass is 35.5. The van der Waals surface area contributed by atoms with Crippen LogP contribution in [0.4, 0.5) is 0 Å². The van der Waals surface area contributed by atoms with Gasteiger partial charge in [-0.1, -0.05) is 29.8 Å². The van der Waals surface area contributed by atoms with Crippen LogP contribution in [0.15, 0.2) is 24.3 Å². The van der Waals surface area contributed by atoms with Gasteiger partial charge in [0.15, 0.2) is 0 Å². The summed E-state index contributed by atoms with van der Waals surface area (Å²) in [4.78, 5) is 11.4. The summed E-state index contributed by atoms with van der Waals surface area (Å²) in [5.41, 5.74) is 1.000. The highest BCUT2D eigenvalue weighted by Gasteiger charge is 2.16. The lowest BCUT2D eigenvalue weighted by molar-refractivity contribution is -0.122. The molecule has 2 atom stereocenters. The predicted molar refractivity (Wildman–Crippen MR) is 66.5 cm³/mol. The Labute approximate surface area is 101 Å². The Hall–Kier alpha value is -1.06. The molecule has 0 fully saturated rings. The van der Waals surface area contributed by atoms with E-state index in [4.69, 9.17) is 11.6 Å². The van der Waals surface area contributed by atoms with Gasteiger partial charge in [0.25, 0.3) is 0 Å². The molecule has 0 unspecified atom stereocenters. The molecule has 0 spiro atoms. The number of nitrogens with one attached hydrogen (secondary N) is 2. The van der Waals surface area contributed by atoms with E-state index in [1.807, 2.05) is 38.1 Å². The fourth-order valence-corrected chi connectivity index (χ4v) is 1.88. The second kappa shape index (κ2) is 5.87. The number of halogens is 1. The molecule has 0 aliphatic carbocycles. The lowest BCUT2D eigenvalue weighted by atomic mass is 10.1. The van der Waals surface area contributed by atoms with Gasteiger partial charge in [-0.25, -0.2) is 0 Å². The van der Waals surface area contributed by atoms with Crippen LogP contribution in [0.2, 0.25) is 5.02 Å². The standard InChI is InChI=1S/C12H17ClN2O/c1-8(15-9(2)12(16)14-3)10-6-4-5-7-11(10)13/h4-9,15H,1-3H3,(H,14,16)/t8-,9+/m0/s1. The van der Waals surface area contributed by atoms with Crippen LogP contribution in [-0.2, 0) is 4.79 Å². The molecule has 0 saturated heterocycles. The molecular weight excluding hydrogens is 224 g/mol. The van der Waals surface area contributed by atoms with Crippen molar-refractivity contribution in [1.82, 2.24) is 10.6 Å². The summed E-state index contributed by atoms with van der Waals surface area (Å²) in [5.74, 6) is -0.0288. The minimum atomic E-state index is -0.240. The van der Waals surface area contributed by atoms with Crippen molar-refractivity contribution in [3.05, 3.63) is 34.9 Å². The maximum Gasteiger partial charge on any atom is 0.236 e. The van der Waals surface area contributed by atoms with Crippen LogP contribution >= 0.6 is 11.6 Å². The average molecular weight is 241 g/mol. The van der Waals surface area contributed by atoms with Crippen LogP contribution in [-0.4, -0.2) is 19.0 Å². The van der Waals surface area contributed by atoms with Gasteiger partial charge in [0, 0.05) is 18.1 Å². The fourth-order valence-electron chi connectivity index (χ4n) is 1.58. The van der Waals surface area contributed by atoms with E-state index in [2.05, 4.69) is 10.6 Å². The van der Waals surface area contributed by atoms with Gasteiger partial charge >= 0.3 is 0 Å². The van der Waals surface area contributed by atoms with E-state index in [0.717, 1.165) is 5.56 Å². The third kappa shape index (κ3) is 3.22. The van der Waals surface area contributed by atoms with Gasteiger partial charge in [0.2, 0.25) is 5.91 Å². The molecular formula is C12H17ClN2O. The first-order valence-corrected chi connectivity index (χ1v) is 5.66. The number of hydrogen-bond acceptors (Lipinski definition) is 2. The van der Waals surface area contributed by atoms with Crippen molar-refractivity contribution in [2.24, 2.45) is 0 Å². The van der Waals surface area contributed by atoms with Crippen molar-refractivity contribution in [2.45, 2.75) is 25.9 Å². The van der Waals surface area contributed by atoms with Crippen LogP contribution in [0.25, 0.3) is 0 Å². The summed E-state index contributed by atoms with van der Waals surface area (Å²) in [6, 6.07) is 7.43. The molecule has 2 N–H and O–H groups in total. The summed E-state index contributed by atoms with van der Waals surface area (Å²) >= 11 is 6.08. The number of carbonyl (C=O) groups excluding carboxylic acids is 1. The highest BCUT2D eigenvalue weighted by molar-refractivity contribution is 6.31. The first kappa shape index (κ1) is 13.0. The third-order valence-corrected chi connectivity index (χ3v) is 2.86. The molecule has 1 rings (SSSR count). The molecule has 0 heterocycles. The first-order valence-electron chi connectivity index (χ1n) is 5.28. The van der Waals surface area contributed by atoms with Gasteiger partial charge in [-0.15, -0.1) is 0 Å². The number of rotatable bonds is 4. The zero-order valence-electron chi connectivity index (χ0n) is 9.75. The third-order valence-electron chi connectivity index (χ3n) is 2.51. The quantitative estimate of drug-likeness (QED) is 0.847. The van der Waals surface area contributed by atoms with E-state index in [9.17, 15) is 4.79 Å². The minimum Gasteiger partial charge on any atom is -0.358 e. The Morgan fingerprint density at radius 3 is 2.50 bits per heavy atom. The lowest BCUT2D eigenvalue weighted by Gasteiger charge is -2.20. The van der Waals surface area contributed by atoms with Crippen LogP contribution in [0, 0.1) is 0 Å². The maximum absolute atomic E-state index is 11.4. The summed E-state index contributed by atoms with van der Waals surface area (Å²) < 4.78 is 0. The summed E-state index contributed by atoms with van der Waals surface area (Å²) in [6.07, 6.45) is 0. The molecule has 0 radical (unpaired) electrons. The predicted octanol–water partition coefficient (Wildman–Crippen LogP) is 2.13. The van der Waals surface area contributed by atoms with Crippen molar-refractivity contribution in [1.29, 1.82) is 0 Å². The minimum absolute atomic E-state index is 0.0288. The van der Waals surface area contributed by atoms with Crippen LogP contribution in [0.1, 0.15) is 25.5 Å². The molecule has 16 heavy (non-hydrogen) atoms. The average Bonchev–Trinajstić information content (AvgIpc) is 2.28. The normalized spacial score (nSPS) is 14.2. The monoisotopic (exact) mass is 240 g/mol. The number of hydrogen-bond donors (Lipinski definition) is 2. The van der Waals surface area contributed by atoms with E-state index in [-0.39, 0.29) is 18.0 Å². The Kier molecular flexibility index (Phi) is 4.77. The molecule has 1 aromatic carbocycles. The Morgan fingerprint density at radius 1 is 1.31 bits per heavy atom. The van der Waals surface area contributed by atoms with E-state index < -0.39 is 0 Å². The van der Waals surface area contributed by atoms with Crippen molar-refractivity contribution >= 4 is 17.5 Å². The molecule has 0 aromatic heterocycles. The van der Waals surface area contributed by atoms with Crippen LogP contribution < -0.4 is 10.6 Å². The molecule has 3 nitrogen and oxygen atoms in total. The second-order valence-corrected chi connectivity index (χ2v) is 4.15. The van der Waals surface area contributed by atoms with Gasteiger partial charge in [-0.3, -0.25) is 10.1 Å². The molecule has 0 aliphatic heterocycles. The molecule has 0 saturated carbocycles. The van der Waals surface area contributed by atoms with E-state index in [1.54, 1.807) is 7.05 Å². The summed E-state index contributed by atoms with van der Waals surface area (Å²) in [6.45, 7) is 3.81. The second-order valence-electron chi connectivity index (χ2n) is 3.75. The molecule has 4 heteroatoms. The highest BCUT2D eigenvalue weighted by Crippen LogP contribution is 2.22. The number of benzene rings is 1. The molecule has 0 aliphatic rings. The largest absolute Gasteiger partial charge is 0.358 e. The maximum atomic E-state index is 11.4. The van der Waals surface area contributed by atoms with E-state index >= 15 is 0 Å². The first-order chi connectivity index (χ1) is 7.56. The van der Waals surface area contributed by atoms with E-state index in [1.165, 1.54) is 0 Å². The Bertz CT molecular complexity index is 368. The Balaban J connectivity index is 2.69. The summed E-state index contributed by atoms with van der Waals surface area (Å²) in [5, 5.41) is 6.51. The van der Waals surface area contributed by atoms with Crippen molar-refractivity contribution in [3.8, 4) is 0 Å². The molecule has 1 aromatic rings. The summed E-state index contributed by atoms with van der Waals surface area (Å²) in [7, 11) is 1.63. The molecule has 1 amide bonds. The van der Waals surface area contributed by atoms with Gasteiger partial charge < -0.3 is 5.32 Å². The van der Waals surface area contributed by atoms with Gasteiger partial charge in [0.05, 0.1) is 6.04 Å². The van der Waals surface area contributed by atoms with Crippen molar-refractivity contribution in [2.75, 3.05) is 7.05 Å². The molecule has 88 valence electrons. The SMILES string of the molecule is CNC(=O)[C@@H](C)N[C@@H](C)c1ccccc1Cl. The molecule has 0 bridgehead atoms. The lowest BCUT2D eigenvalue weighted by Crippen LogP contribution is -2.41. The van der Waals surface area contributed by atoms with Crippen molar-refractivity contribution in [3.63, 3.8) is 0 Å². The zero-order valence-corrected chi connectivity index (χ0v) is 10.5. The topological polar surface area (TPSA) is 41.1 Å². The van der Waals surface area contributed by atoms with E-state index in [0.29, 0.717) is 5.02 Å². The van der Waals surface area contributed by atoms with Gasteiger partial charge in [0.1, 0.15) is 0 Å². The van der Waals surface area contributed by atoms with Gasteiger partial charge in [-0.2, -0.15) is 0 Å². The van der Waals surface area contributed by atoms with Crippen LogP contribution in [0.3, 0.4) is 0 Å². The number of amides is 1. The van der Waals surface area contributed by atoms with Gasteiger partial charge in [-0.05, 0) is 25.5 Å². The number of likely N-dealkylation sites (N-methyl/N-ethyl adjacent to an activating group) is 1. The van der Waals surface area contributed by atoms with Crippen molar-refractivity contribution < 1.29 is 4.79 Å². The fraction of sp³-hybridized carbons (Fsp3) is 0.417.